The minimum absolute atomic E-state index is 0.0000491. The highest BCUT2D eigenvalue weighted by Gasteiger charge is 2.19. The number of Topliss-reactive ketones (excluding diaryl/α,β-unsaturated/α-hetero) is 1. The van der Waals surface area contributed by atoms with E-state index in [1.807, 2.05) is 45.0 Å². The lowest BCUT2D eigenvalue weighted by atomic mass is 10.1. The van der Waals surface area contributed by atoms with E-state index in [0.29, 0.717) is 17.1 Å². The van der Waals surface area contributed by atoms with Gasteiger partial charge in [0.15, 0.2) is 5.78 Å². The van der Waals surface area contributed by atoms with Crippen LogP contribution in [0.5, 0.6) is 0 Å². The first kappa shape index (κ1) is 13.8. The Kier molecular flexibility index (Phi) is 4.05. The molecule has 0 bridgehead atoms. The largest absolute Gasteiger partial charge is 0.292 e. The molecule has 100 valence electrons. The van der Waals surface area contributed by atoms with Crippen LogP contribution in [0, 0.1) is 6.92 Å². The number of halogens is 1. The van der Waals surface area contributed by atoms with Gasteiger partial charge in [0.2, 0.25) is 0 Å². The van der Waals surface area contributed by atoms with Crippen molar-refractivity contribution in [3.05, 3.63) is 52.3 Å². The molecule has 0 aliphatic carbocycles. The topological polar surface area (TPSA) is 34.9 Å². The summed E-state index contributed by atoms with van der Waals surface area (Å²) in [4.78, 5) is 12.4. The number of nitrogens with zero attached hydrogens (tertiary/aromatic N) is 2. The van der Waals surface area contributed by atoms with E-state index in [0.717, 1.165) is 5.56 Å². The molecule has 0 amide bonds. The Bertz CT molecular complexity index is 585. The fourth-order valence-corrected chi connectivity index (χ4v) is 2.20. The monoisotopic (exact) mass is 276 g/mol. The van der Waals surface area contributed by atoms with Gasteiger partial charge in [-0.15, -0.1) is 0 Å². The first-order valence-electron chi connectivity index (χ1n) is 6.30. The number of hydrogen-bond donors (Lipinski definition) is 0. The van der Waals surface area contributed by atoms with Gasteiger partial charge in [0.1, 0.15) is 5.69 Å². The van der Waals surface area contributed by atoms with Crippen LogP contribution in [-0.4, -0.2) is 15.6 Å². The first-order chi connectivity index (χ1) is 8.99. The fourth-order valence-electron chi connectivity index (χ4n) is 1.97. The van der Waals surface area contributed by atoms with E-state index in [1.54, 1.807) is 4.68 Å². The zero-order valence-corrected chi connectivity index (χ0v) is 12.1. The third kappa shape index (κ3) is 3.04. The van der Waals surface area contributed by atoms with Crippen molar-refractivity contribution in [3.63, 3.8) is 0 Å². The average molecular weight is 277 g/mol. The minimum atomic E-state index is 0.0000491. The van der Waals surface area contributed by atoms with Gasteiger partial charge in [-0.2, -0.15) is 5.10 Å². The molecule has 0 radical (unpaired) electrons. The van der Waals surface area contributed by atoms with Crippen LogP contribution < -0.4 is 0 Å². The van der Waals surface area contributed by atoms with Gasteiger partial charge in [0.05, 0.1) is 11.2 Å². The van der Waals surface area contributed by atoms with Gasteiger partial charge in [-0.3, -0.25) is 9.48 Å². The van der Waals surface area contributed by atoms with Gasteiger partial charge < -0.3 is 0 Å². The number of ketones is 1. The van der Waals surface area contributed by atoms with Crippen LogP contribution in [0.2, 0.25) is 5.02 Å². The summed E-state index contributed by atoms with van der Waals surface area (Å²) < 4.78 is 1.68. The Morgan fingerprint density at radius 2 is 1.95 bits per heavy atom. The fraction of sp³-hybridized carbons (Fsp3) is 0.333. The molecule has 0 aliphatic heterocycles. The van der Waals surface area contributed by atoms with Crippen LogP contribution in [-0.2, 0) is 6.42 Å². The normalized spacial score (nSPS) is 11.0. The van der Waals surface area contributed by atoms with E-state index in [4.69, 9.17) is 11.6 Å². The van der Waals surface area contributed by atoms with Gasteiger partial charge in [0.25, 0.3) is 0 Å². The lowest BCUT2D eigenvalue weighted by Gasteiger charge is -2.10. The van der Waals surface area contributed by atoms with Crippen LogP contribution >= 0.6 is 11.6 Å². The smallest absolute Gasteiger partial charge is 0.186 e. The summed E-state index contributed by atoms with van der Waals surface area (Å²) in [5.74, 6) is 0.0000491. The van der Waals surface area contributed by atoms with Crippen LogP contribution in [0.1, 0.15) is 41.5 Å². The van der Waals surface area contributed by atoms with Gasteiger partial charge in [0, 0.05) is 12.5 Å². The van der Waals surface area contributed by atoms with Gasteiger partial charge >= 0.3 is 0 Å². The summed E-state index contributed by atoms with van der Waals surface area (Å²) in [6, 6.07) is 8.06. The Hall–Kier alpha value is -1.61. The molecule has 0 spiro atoms. The molecule has 0 unspecified atom stereocenters. The summed E-state index contributed by atoms with van der Waals surface area (Å²) >= 11 is 6.07. The lowest BCUT2D eigenvalue weighted by Crippen LogP contribution is -2.14. The highest BCUT2D eigenvalue weighted by molar-refractivity contribution is 6.33. The quantitative estimate of drug-likeness (QED) is 0.795. The van der Waals surface area contributed by atoms with Crippen LogP contribution in [0.25, 0.3) is 0 Å². The molecule has 1 aromatic heterocycles. The molecule has 1 aromatic carbocycles. The van der Waals surface area contributed by atoms with Crippen molar-refractivity contribution < 1.29 is 4.79 Å². The number of benzene rings is 1. The summed E-state index contributed by atoms with van der Waals surface area (Å²) in [5.41, 5.74) is 2.67. The summed E-state index contributed by atoms with van der Waals surface area (Å²) in [7, 11) is 0. The number of carbonyl (C=O) groups excluding carboxylic acids is 1. The molecular weight excluding hydrogens is 260 g/mol. The third-order valence-electron chi connectivity index (χ3n) is 2.99. The zero-order chi connectivity index (χ0) is 14.0. The van der Waals surface area contributed by atoms with Crippen LogP contribution in [0.3, 0.4) is 0 Å². The van der Waals surface area contributed by atoms with E-state index >= 15 is 0 Å². The minimum Gasteiger partial charge on any atom is -0.292 e. The number of rotatable bonds is 4. The molecule has 2 rings (SSSR count). The summed E-state index contributed by atoms with van der Waals surface area (Å²) in [6.45, 7) is 5.98. The van der Waals surface area contributed by atoms with Gasteiger partial charge in [-0.05, 0) is 26.3 Å². The van der Waals surface area contributed by atoms with Gasteiger partial charge in [-0.1, -0.05) is 41.4 Å². The van der Waals surface area contributed by atoms with Crippen molar-refractivity contribution >= 4 is 17.4 Å². The Labute approximate surface area is 118 Å². The van der Waals surface area contributed by atoms with Crippen molar-refractivity contribution in [2.24, 2.45) is 0 Å². The van der Waals surface area contributed by atoms with Gasteiger partial charge in [-0.25, -0.2) is 0 Å². The molecule has 1 heterocycles. The Morgan fingerprint density at radius 3 is 2.53 bits per heavy atom. The number of aryl methyl sites for hydroxylation is 1. The molecule has 0 saturated carbocycles. The van der Waals surface area contributed by atoms with Crippen LogP contribution in [0.4, 0.5) is 0 Å². The standard InChI is InChI=1S/C15H17ClN2O/c1-10(2)18-15(13(16)9-17-18)14(19)8-12-6-4-11(3)5-7-12/h4-7,9-10H,8H2,1-3H3. The maximum absolute atomic E-state index is 12.4. The molecule has 19 heavy (non-hydrogen) atoms. The Morgan fingerprint density at radius 1 is 1.32 bits per heavy atom. The molecule has 2 aromatic rings. The molecule has 0 N–H and O–H groups in total. The molecule has 0 aliphatic rings. The molecule has 0 fully saturated rings. The Balaban J connectivity index is 2.25. The molecule has 3 nitrogen and oxygen atoms in total. The van der Waals surface area contributed by atoms with E-state index < -0.39 is 0 Å². The van der Waals surface area contributed by atoms with E-state index in [1.165, 1.54) is 11.8 Å². The SMILES string of the molecule is Cc1ccc(CC(=O)c2c(Cl)cnn2C(C)C)cc1. The average Bonchev–Trinajstić information content (AvgIpc) is 2.74. The highest BCUT2D eigenvalue weighted by atomic mass is 35.5. The highest BCUT2D eigenvalue weighted by Crippen LogP contribution is 2.21. The second-order valence-corrected chi connectivity index (χ2v) is 5.37. The van der Waals surface area contributed by atoms with Crippen LogP contribution in [0.15, 0.2) is 30.5 Å². The summed E-state index contributed by atoms with van der Waals surface area (Å²) in [6.07, 6.45) is 1.88. The van der Waals surface area contributed by atoms with E-state index in [2.05, 4.69) is 5.10 Å². The number of carbonyl (C=O) groups is 1. The predicted molar refractivity (Wildman–Crippen MR) is 76.8 cm³/mol. The third-order valence-corrected chi connectivity index (χ3v) is 3.27. The maximum Gasteiger partial charge on any atom is 0.186 e. The van der Waals surface area contributed by atoms with Crippen molar-refractivity contribution in [3.8, 4) is 0 Å². The number of aromatic nitrogens is 2. The number of hydrogen-bond acceptors (Lipinski definition) is 2. The van der Waals surface area contributed by atoms with Crippen molar-refractivity contribution in [2.75, 3.05) is 0 Å². The van der Waals surface area contributed by atoms with Crippen molar-refractivity contribution in [1.82, 2.24) is 9.78 Å². The molecular formula is C15H17ClN2O. The van der Waals surface area contributed by atoms with E-state index in [9.17, 15) is 4.79 Å². The van der Waals surface area contributed by atoms with Crippen molar-refractivity contribution in [2.45, 2.75) is 33.2 Å². The first-order valence-corrected chi connectivity index (χ1v) is 6.68. The van der Waals surface area contributed by atoms with E-state index in [-0.39, 0.29) is 11.8 Å². The molecule has 0 saturated heterocycles. The maximum atomic E-state index is 12.4. The molecule has 4 heteroatoms. The second kappa shape index (κ2) is 5.57. The lowest BCUT2D eigenvalue weighted by molar-refractivity contribution is 0.0981. The second-order valence-electron chi connectivity index (χ2n) is 4.96. The molecule has 0 atom stereocenters. The zero-order valence-electron chi connectivity index (χ0n) is 11.4. The van der Waals surface area contributed by atoms with Crippen molar-refractivity contribution in [1.29, 1.82) is 0 Å². The summed E-state index contributed by atoms with van der Waals surface area (Å²) in [5, 5.41) is 4.58. The predicted octanol–water partition coefficient (Wildman–Crippen LogP) is 3.85.